The second-order valence-corrected chi connectivity index (χ2v) is 8.89. The van der Waals surface area contributed by atoms with Crippen LogP contribution in [0.4, 0.5) is 0 Å². The lowest BCUT2D eigenvalue weighted by Gasteiger charge is -2.36. The third-order valence-electron chi connectivity index (χ3n) is 5.63. The Labute approximate surface area is 176 Å². The molecule has 1 saturated heterocycles. The Balaban J connectivity index is 1.45. The molecular formula is C24H27N3OS. The predicted molar refractivity (Wildman–Crippen MR) is 118 cm³/mol. The van der Waals surface area contributed by atoms with Gasteiger partial charge in [0.25, 0.3) is 0 Å². The van der Waals surface area contributed by atoms with Crippen molar-refractivity contribution in [2.75, 3.05) is 26.2 Å². The normalized spacial score (nSPS) is 15.1. The summed E-state index contributed by atoms with van der Waals surface area (Å²) in [6.45, 7) is 8.37. The third-order valence-corrected chi connectivity index (χ3v) is 6.69. The van der Waals surface area contributed by atoms with E-state index in [1.807, 2.05) is 41.3 Å². The molecule has 1 aliphatic heterocycles. The summed E-state index contributed by atoms with van der Waals surface area (Å²) in [6.07, 6.45) is 0. The molecule has 3 aromatic rings. The van der Waals surface area contributed by atoms with Crippen LogP contribution in [0.3, 0.4) is 0 Å². The average Bonchev–Trinajstić information content (AvgIpc) is 3.07. The number of hydrogen-bond acceptors (Lipinski definition) is 4. The van der Waals surface area contributed by atoms with Gasteiger partial charge in [0.2, 0.25) is 5.91 Å². The molecule has 0 saturated carbocycles. The molecule has 5 heteroatoms. The SMILES string of the molecule is Cc1nc(CN2CCN(C(=O)C(c3ccccc3)c3ccccc3)CC2)sc1C. The Morgan fingerprint density at radius 3 is 1.97 bits per heavy atom. The zero-order chi connectivity index (χ0) is 20.2. The lowest BCUT2D eigenvalue weighted by Crippen LogP contribution is -2.49. The highest BCUT2D eigenvalue weighted by Crippen LogP contribution is 2.27. The summed E-state index contributed by atoms with van der Waals surface area (Å²) >= 11 is 1.78. The fraction of sp³-hybridized carbons (Fsp3) is 0.333. The van der Waals surface area contributed by atoms with Gasteiger partial charge in [-0.05, 0) is 25.0 Å². The Bertz CT molecular complexity index is 888. The van der Waals surface area contributed by atoms with Gasteiger partial charge in [-0.3, -0.25) is 9.69 Å². The molecule has 1 amide bonds. The first-order valence-corrected chi connectivity index (χ1v) is 11.0. The molecule has 29 heavy (non-hydrogen) atoms. The summed E-state index contributed by atoms with van der Waals surface area (Å²) in [7, 11) is 0. The van der Waals surface area contributed by atoms with Gasteiger partial charge >= 0.3 is 0 Å². The van der Waals surface area contributed by atoms with Crippen molar-refractivity contribution in [3.63, 3.8) is 0 Å². The van der Waals surface area contributed by atoms with Crippen molar-refractivity contribution >= 4 is 17.2 Å². The van der Waals surface area contributed by atoms with Crippen molar-refractivity contribution < 1.29 is 4.79 Å². The van der Waals surface area contributed by atoms with Crippen LogP contribution in [0, 0.1) is 13.8 Å². The molecule has 2 aromatic carbocycles. The van der Waals surface area contributed by atoms with Crippen molar-refractivity contribution in [3.8, 4) is 0 Å². The maximum Gasteiger partial charge on any atom is 0.234 e. The van der Waals surface area contributed by atoms with Gasteiger partial charge in [0.15, 0.2) is 0 Å². The van der Waals surface area contributed by atoms with E-state index in [9.17, 15) is 4.79 Å². The first-order chi connectivity index (χ1) is 14.1. The number of amides is 1. The van der Waals surface area contributed by atoms with E-state index in [0.29, 0.717) is 0 Å². The molecule has 0 radical (unpaired) electrons. The fourth-order valence-corrected chi connectivity index (χ4v) is 4.85. The van der Waals surface area contributed by atoms with Crippen LogP contribution < -0.4 is 0 Å². The number of carbonyl (C=O) groups excluding carboxylic acids is 1. The molecule has 0 aliphatic carbocycles. The first kappa shape index (κ1) is 19.8. The Morgan fingerprint density at radius 1 is 0.931 bits per heavy atom. The van der Waals surface area contributed by atoms with Gasteiger partial charge < -0.3 is 4.90 Å². The van der Waals surface area contributed by atoms with Crippen LogP contribution >= 0.6 is 11.3 Å². The summed E-state index contributed by atoms with van der Waals surface area (Å²) in [5.41, 5.74) is 3.24. The number of benzene rings is 2. The molecule has 0 bridgehead atoms. The Hall–Kier alpha value is -2.50. The van der Waals surface area contributed by atoms with E-state index in [0.717, 1.165) is 49.5 Å². The number of rotatable bonds is 5. The van der Waals surface area contributed by atoms with Crippen LogP contribution in [0.1, 0.15) is 32.6 Å². The summed E-state index contributed by atoms with van der Waals surface area (Å²) in [5, 5.41) is 1.17. The van der Waals surface area contributed by atoms with Gasteiger partial charge in [-0.2, -0.15) is 0 Å². The second-order valence-electron chi connectivity index (χ2n) is 7.61. The van der Waals surface area contributed by atoms with Gasteiger partial charge in [-0.15, -0.1) is 11.3 Å². The van der Waals surface area contributed by atoms with Crippen molar-refractivity contribution in [2.24, 2.45) is 0 Å². The zero-order valence-corrected chi connectivity index (χ0v) is 17.9. The molecule has 1 aliphatic rings. The number of thiazole rings is 1. The molecule has 4 rings (SSSR count). The van der Waals surface area contributed by atoms with Crippen LogP contribution in [0.5, 0.6) is 0 Å². The minimum Gasteiger partial charge on any atom is -0.339 e. The molecular weight excluding hydrogens is 378 g/mol. The molecule has 0 atom stereocenters. The number of nitrogens with zero attached hydrogens (tertiary/aromatic N) is 3. The van der Waals surface area contributed by atoms with E-state index in [-0.39, 0.29) is 11.8 Å². The number of aryl methyl sites for hydroxylation is 2. The number of hydrogen-bond donors (Lipinski definition) is 0. The largest absolute Gasteiger partial charge is 0.339 e. The van der Waals surface area contributed by atoms with Crippen molar-refractivity contribution in [1.82, 2.24) is 14.8 Å². The summed E-state index contributed by atoms with van der Waals surface area (Å²) < 4.78 is 0. The maximum absolute atomic E-state index is 13.5. The van der Waals surface area contributed by atoms with E-state index in [1.165, 1.54) is 9.88 Å². The maximum atomic E-state index is 13.5. The Morgan fingerprint density at radius 2 is 1.48 bits per heavy atom. The quantitative estimate of drug-likeness (QED) is 0.637. The minimum absolute atomic E-state index is 0.197. The molecule has 0 unspecified atom stereocenters. The fourth-order valence-electron chi connectivity index (χ4n) is 3.88. The molecule has 2 heterocycles. The number of aromatic nitrogens is 1. The van der Waals surface area contributed by atoms with E-state index in [4.69, 9.17) is 0 Å². The van der Waals surface area contributed by atoms with Crippen molar-refractivity contribution in [2.45, 2.75) is 26.3 Å². The van der Waals surface area contributed by atoms with E-state index in [1.54, 1.807) is 11.3 Å². The van der Waals surface area contributed by atoms with Crippen LogP contribution in [0.15, 0.2) is 60.7 Å². The van der Waals surface area contributed by atoms with Crippen LogP contribution in [-0.4, -0.2) is 46.9 Å². The highest BCUT2D eigenvalue weighted by Gasteiger charge is 2.30. The smallest absolute Gasteiger partial charge is 0.234 e. The van der Waals surface area contributed by atoms with Crippen molar-refractivity contribution in [3.05, 3.63) is 87.4 Å². The molecule has 0 spiro atoms. The van der Waals surface area contributed by atoms with E-state index < -0.39 is 0 Å². The molecule has 4 nitrogen and oxygen atoms in total. The first-order valence-electron chi connectivity index (χ1n) is 10.2. The third kappa shape index (κ3) is 4.57. The standard InChI is InChI=1S/C24H27N3OS/c1-18-19(2)29-22(25-18)17-26-13-15-27(16-14-26)24(28)23(20-9-5-3-6-10-20)21-11-7-4-8-12-21/h3-12,23H,13-17H2,1-2H3. The average molecular weight is 406 g/mol. The monoisotopic (exact) mass is 405 g/mol. The van der Waals surface area contributed by atoms with Gasteiger partial charge in [0.05, 0.1) is 18.2 Å². The van der Waals surface area contributed by atoms with Gasteiger partial charge in [0.1, 0.15) is 5.01 Å². The van der Waals surface area contributed by atoms with Crippen LogP contribution in [0.2, 0.25) is 0 Å². The van der Waals surface area contributed by atoms with Gasteiger partial charge in [-0.1, -0.05) is 60.7 Å². The van der Waals surface area contributed by atoms with E-state index in [2.05, 4.69) is 48.0 Å². The summed E-state index contributed by atoms with van der Waals surface area (Å²) in [6, 6.07) is 20.2. The molecule has 0 N–H and O–H groups in total. The number of piperazine rings is 1. The Kier molecular flexibility index (Phi) is 6.07. The lowest BCUT2D eigenvalue weighted by molar-refractivity contribution is -0.133. The second kappa shape index (κ2) is 8.89. The molecule has 1 fully saturated rings. The molecule has 150 valence electrons. The summed E-state index contributed by atoms with van der Waals surface area (Å²) in [5.74, 6) is -0.0452. The van der Waals surface area contributed by atoms with Crippen LogP contribution in [-0.2, 0) is 11.3 Å². The lowest BCUT2D eigenvalue weighted by atomic mass is 9.90. The highest BCUT2D eigenvalue weighted by molar-refractivity contribution is 7.11. The summed E-state index contributed by atoms with van der Waals surface area (Å²) in [4.78, 5) is 23.9. The number of carbonyl (C=O) groups is 1. The minimum atomic E-state index is -0.242. The van der Waals surface area contributed by atoms with Crippen LogP contribution in [0.25, 0.3) is 0 Å². The zero-order valence-electron chi connectivity index (χ0n) is 17.0. The van der Waals surface area contributed by atoms with Crippen molar-refractivity contribution in [1.29, 1.82) is 0 Å². The predicted octanol–water partition coefficient (Wildman–Crippen LogP) is 4.24. The topological polar surface area (TPSA) is 36.4 Å². The van der Waals surface area contributed by atoms with Gasteiger partial charge in [-0.25, -0.2) is 4.98 Å². The van der Waals surface area contributed by atoms with E-state index >= 15 is 0 Å². The van der Waals surface area contributed by atoms with Gasteiger partial charge in [0, 0.05) is 31.1 Å². The molecule has 1 aromatic heterocycles. The highest BCUT2D eigenvalue weighted by atomic mass is 32.1.